The van der Waals surface area contributed by atoms with E-state index in [2.05, 4.69) is 0 Å². The first-order valence-electron chi connectivity index (χ1n) is 7.91. The number of benzene rings is 2. The Morgan fingerprint density at radius 2 is 1.56 bits per heavy atom. The quantitative estimate of drug-likeness (QED) is 0.763. The molecule has 1 atom stereocenters. The zero-order chi connectivity index (χ0) is 19.8. The molecule has 1 heterocycles. The van der Waals surface area contributed by atoms with Gasteiger partial charge in [-0.3, -0.25) is 4.79 Å². The molecule has 1 unspecified atom stereocenters. The van der Waals surface area contributed by atoms with Crippen LogP contribution in [0.15, 0.2) is 58.3 Å². The van der Waals surface area contributed by atoms with Gasteiger partial charge in [-0.25, -0.2) is 25.6 Å². The normalized spacial score (nSPS) is 19.2. The first-order chi connectivity index (χ1) is 12.6. The highest BCUT2D eigenvalue weighted by Crippen LogP contribution is 2.31. The maximum atomic E-state index is 14.1. The molecule has 0 radical (unpaired) electrons. The summed E-state index contributed by atoms with van der Waals surface area (Å²) in [4.78, 5) is 10.9. The minimum Gasteiger partial charge on any atom is -0.300 e. The largest absolute Gasteiger partial charge is 0.300 e. The Balaban J connectivity index is 2.10. The lowest BCUT2D eigenvalue weighted by Gasteiger charge is -2.33. The van der Waals surface area contributed by atoms with E-state index in [4.69, 9.17) is 0 Å². The van der Waals surface area contributed by atoms with Crippen LogP contribution in [0.2, 0.25) is 0 Å². The van der Waals surface area contributed by atoms with Gasteiger partial charge < -0.3 is 0 Å². The van der Waals surface area contributed by atoms with Crippen LogP contribution in [0.1, 0.15) is 12.8 Å². The van der Waals surface area contributed by atoms with Crippen molar-refractivity contribution in [1.29, 1.82) is 0 Å². The number of carbonyl (C=O) groups excluding carboxylic acids is 1. The van der Waals surface area contributed by atoms with Crippen LogP contribution in [0.25, 0.3) is 0 Å². The van der Waals surface area contributed by atoms with Gasteiger partial charge in [-0.2, -0.15) is 4.31 Å². The van der Waals surface area contributed by atoms with Crippen LogP contribution in [0.4, 0.5) is 8.78 Å². The van der Waals surface area contributed by atoms with E-state index in [1.54, 1.807) is 0 Å². The zero-order valence-electron chi connectivity index (χ0n) is 13.9. The number of sulfonamides is 1. The summed E-state index contributed by atoms with van der Waals surface area (Å²) in [6.07, 6.45) is -0.749. The molecule has 0 saturated carbocycles. The standard InChI is InChI=1S/C17H15F2NO5S2/c18-12-5-7-14(8-6-12)27(24,25)20-10-9-13(21)11-17(20)26(22,23)16-4-2-1-3-15(16)19/h1-8,17H,9-11H2. The minimum absolute atomic E-state index is 0.163. The van der Waals surface area contributed by atoms with E-state index in [-0.39, 0.29) is 17.9 Å². The van der Waals surface area contributed by atoms with Crippen molar-refractivity contribution in [3.8, 4) is 0 Å². The second-order valence-electron chi connectivity index (χ2n) is 5.99. The number of carbonyl (C=O) groups is 1. The van der Waals surface area contributed by atoms with Gasteiger partial charge in [-0.05, 0) is 36.4 Å². The Morgan fingerprint density at radius 1 is 0.926 bits per heavy atom. The summed E-state index contributed by atoms with van der Waals surface area (Å²) in [6.45, 7) is -0.364. The average Bonchev–Trinajstić information content (AvgIpc) is 2.62. The van der Waals surface area contributed by atoms with E-state index in [0.29, 0.717) is 4.31 Å². The number of piperidine rings is 1. The Morgan fingerprint density at radius 3 is 2.19 bits per heavy atom. The third-order valence-electron chi connectivity index (χ3n) is 4.26. The molecule has 1 fully saturated rings. The molecular formula is C17H15F2NO5S2. The first-order valence-corrected chi connectivity index (χ1v) is 10.9. The summed E-state index contributed by atoms with van der Waals surface area (Å²) in [7, 11) is -8.84. The highest BCUT2D eigenvalue weighted by Gasteiger charge is 2.44. The zero-order valence-corrected chi connectivity index (χ0v) is 15.5. The van der Waals surface area contributed by atoms with Crippen LogP contribution >= 0.6 is 0 Å². The molecule has 6 nitrogen and oxygen atoms in total. The van der Waals surface area contributed by atoms with E-state index >= 15 is 0 Å². The lowest BCUT2D eigenvalue weighted by molar-refractivity contribution is -0.121. The van der Waals surface area contributed by atoms with Gasteiger partial charge in [0.25, 0.3) is 0 Å². The topological polar surface area (TPSA) is 88.6 Å². The van der Waals surface area contributed by atoms with E-state index in [1.165, 1.54) is 12.1 Å². The Hall–Kier alpha value is -2.17. The van der Waals surface area contributed by atoms with Gasteiger partial charge in [0.05, 0.1) is 4.90 Å². The molecule has 144 valence electrons. The Kier molecular flexibility index (Phi) is 5.15. The van der Waals surface area contributed by atoms with E-state index in [0.717, 1.165) is 36.4 Å². The fourth-order valence-electron chi connectivity index (χ4n) is 2.88. The fraction of sp³-hybridized carbons (Fsp3) is 0.235. The van der Waals surface area contributed by atoms with Crippen molar-refractivity contribution in [3.05, 3.63) is 60.2 Å². The third-order valence-corrected chi connectivity index (χ3v) is 8.39. The molecular weight excluding hydrogens is 400 g/mol. The second-order valence-corrected chi connectivity index (χ2v) is 9.96. The molecule has 10 heteroatoms. The lowest BCUT2D eigenvalue weighted by atomic mass is 10.1. The number of sulfone groups is 1. The van der Waals surface area contributed by atoms with Crippen molar-refractivity contribution in [1.82, 2.24) is 4.31 Å². The number of nitrogens with zero attached hydrogens (tertiary/aromatic N) is 1. The number of hydrogen-bond acceptors (Lipinski definition) is 5. The smallest absolute Gasteiger partial charge is 0.244 e. The molecule has 0 spiro atoms. The molecule has 0 aromatic heterocycles. The predicted octanol–water partition coefficient (Wildman–Crippen LogP) is 2.12. The van der Waals surface area contributed by atoms with Crippen molar-refractivity contribution >= 4 is 25.6 Å². The Labute approximate surface area is 155 Å². The van der Waals surface area contributed by atoms with Gasteiger partial charge in [0.2, 0.25) is 10.0 Å². The highest BCUT2D eigenvalue weighted by atomic mass is 32.2. The van der Waals surface area contributed by atoms with Crippen LogP contribution in [-0.4, -0.2) is 38.8 Å². The van der Waals surface area contributed by atoms with Crippen molar-refractivity contribution in [2.24, 2.45) is 0 Å². The summed E-state index contributed by atoms with van der Waals surface area (Å²) >= 11 is 0. The molecule has 0 aliphatic carbocycles. The maximum Gasteiger partial charge on any atom is 0.244 e. The maximum absolute atomic E-state index is 14.1. The third kappa shape index (κ3) is 3.64. The molecule has 2 aromatic rings. The molecule has 2 aromatic carbocycles. The van der Waals surface area contributed by atoms with Crippen LogP contribution in [0.3, 0.4) is 0 Å². The second kappa shape index (κ2) is 7.10. The van der Waals surface area contributed by atoms with Crippen molar-refractivity contribution in [3.63, 3.8) is 0 Å². The molecule has 0 N–H and O–H groups in total. The molecule has 0 amide bonds. The molecule has 1 aliphatic rings. The molecule has 1 aliphatic heterocycles. The van der Waals surface area contributed by atoms with Gasteiger partial charge >= 0.3 is 0 Å². The van der Waals surface area contributed by atoms with E-state index in [9.17, 15) is 30.4 Å². The minimum atomic E-state index is -4.50. The van der Waals surface area contributed by atoms with Crippen molar-refractivity contribution in [2.75, 3.05) is 6.54 Å². The van der Waals surface area contributed by atoms with Crippen molar-refractivity contribution < 1.29 is 30.4 Å². The summed E-state index contributed by atoms with van der Waals surface area (Å²) < 4.78 is 79.5. The van der Waals surface area contributed by atoms with Crippen LogP contribution in [0.5, 0.6) is 0 Å². The van der Waals surface area contributed by atoms with Gasteiger partial charge in [-0.1, -0.05) is 12.1 Å². The van der Waals surface area contributed by atoms with E-state index < -0.39 is 54.0 Å². The van der Waals surface area contributed by atoms with E-state index in [1.807, 2.05) is 0 Å². The molecule has 1 saturated heterocycles. The van der Waals surface area contributed by atoms with Crippen LogP contribution in [-0.2, 0) is 24.7 Å². The molecule has 0 bridgehead atoms. The van der Waals surface area contributed by atoms with Gasteiger partial charge in [0, 0.05) is 19.4 Å². The monoisotopic (exact) mass is 415 g/mol. The number of ketones is 1. The summed E-state index contributed by atoms with van der Waals surface area (Å²) in [5.74, 6) is -2.13. The summed E-state index contributed by atoms with van der Waals surface area (Å²) in [5.41, 5.74) is 0. The Bertz CT molecular complexity index is 1080. The average molecular weight is 415 g/mol. The van der Waals surface area contributed by atoms with Crippen molar-refractivity contribution in [2.45, 2.75) is 28.0 Å². The molecule has 27 heavy (non-hydrogen) atoms. The summed E-state index contributed by atoms with van der Waals surface area (Å²) in [5, 5.41) is -1.77. The van der Waals surface area contributed by atoms with Gasteiger partial charge in [-0.15, -0.1) is 0 Å². The number of hydrogen-bond donors (Lipinski definition) is 0. The fourth-order valence-corrected chi connectivity index (χ4v) is 6.75. The summed E-state index contributed by atoms with van der Waals surface area (Å²) in [6, 6.07) is 8.45. The number of Topliss-reactive ketones (excluding diaryl/α,β-unsaturated/α-hetero) is 1. The number of halogens is 2. The highest BCUT2D eigenvalue weighted by molar-refractivity contribution is 7.94. The SMILES string of the molecule is O=C1CCN(S(=O)(=O)c2ccc(F)cc2)C(S(=O)(=O)c2ccccc2F)C1. The molecule has 3 rings (SSSR count). The van der Waals surface area contributed by atoms with Crippen LogP contribution in [0, 0.1) is 11.6 Å². The number of rotatable bonds is 4. The lowest BCUT2D eigenvalue weighted by Crippen LogP contribution is -2.50. The van der Waals surface area contributed by atoms with Crippen LogP contribution < -0.4 is 0 Å². The van der Waals surface area contributed by atoms with Gasteiger partial charge in [0.1, 0.15) is 27.7 Å². The predicted molar refractivity (Wildman–Crippen MR) is 91.9 cm³/mol. The van der Waals surface area contributed by atoms with Gasteiger partial charge in [0.15, 0.2) is 9.84 Å². The first kappa shape index (κ1) is 19.6.